The van der Waals surface area contributed by atoms with Gasteiger partial charge in [-0.1, -0.05) is 0 Å². The van der Waals surface area contributed by atoms with Gasteiger partial charge in [-0.25, -0.2) is 4.79 Å². The molecule has 0 aromatic carbocycles. The number of carbonyl (C=O) groups excluding carboxylic acids is 1. The van der Waals surface area contributed by atoms with Crippen molar-refractivity contribution in [2.75, 3.05) is 0 Å². The maximum Gasteiger partial charge on any atom is 0.407 e. The number of hydrogen-bond donors (Lipinski definition) is 1. The summed E-state index contributed by atoms with van der Waals surface area (Å²) in [5, 5.41) is 10.3. The molecule has 2 rings (SSSR count). The minimum Gasteiger partial charge on any atom is -0.444 e. The summed E-state index contributed by atoms with van der Waals surface area (Å²) in [4.78, 5) is 11.5. The molecule has 1 N–H and O–H groups in total. The van der Waals surface area contributed by atoms with E-state index in [1.165, 1.54) is 6.39 Å². The first kappa shape index (κ1) is 11.9. The molecule has 1 fully saturated rings. The number of nitrogens with zero attached hydrogens (tertiary/aromatic N) is 2. The van der Waals surface area contributed by atoms with Crippen molar-refractivity contribution in [2.24, 2.45) is 0 Å². The molecule has 94 valence electrons. The predicted molar refractivity (Wildman–Crippen MR) is 59.4 cm³/mol. The van der Waals surface area contributed by atoms with Gasteiger partial charge in [-0.15, -0.1) is 10.2 Å². The fraction of sp³-hybridized carbons (Fsp3) is 0.727. The standard InChI is InChI=1S/C11H17N3O3/c1-11(2,3)17-10(15)13-8-4-7(5-8)9-14-12-6-16-9/h6-8H,4-5H2,1-3H3,(H,13,15)/t7-,8-. The van der Waals surface area contributed by atoms with E-state index < -0.39 is 5.60 Å². The summed E-state index contributed by atoms with van der Waals surface area (Å²) in [6.45, 7) is 5.53. The molecular formula is C11H17N3O3. The van der Waals surface area contributed by atoms with Crippen molar-refractivity contribution >= 4 is 6.09 Å². The summed E-state index contributed by atoms with van der Waals surface area (Å²) in [5.74, 6) is 0.907. The molecule has 6 nitrogen and oxygen atoms in total. The van der Waals surface area contributed by atoms with Gasteiger partial charge in [0.15, 0.2) is 0 Å². The van der Waals surface area contributed by atoms with Crippen molar-refractivity contribution in [1.29, 1.82) is 0 Å². The summed E-state index contributed by atoms with van der Waals surface area (Å²) >= 11 is 0. The van der Waals surface area contributed by atoms with Gasteiger partial charge in [0.1, 0.15) is 5.60 Å². The van der Waals surface area contributed by atoms with Crippen LogP contribution in [0.1, 0.15) is 45.4 Å². The van der Waals surface area contributed by atoms with Gasteiger partial charge in [0.2, 0.25) is 12.3 Å². The predicted octanol–water partition coefficient (Wildman–Crippen LogP) is 1.84. The highest BCUT2D eigenvalue weighted by molar-refractivity contribution is 5.68. The smallest absolute Gasteiger partial charge is 0.407 e. The molecule has 0 spiro atoms. The van der Waals surface area contributed by atoms with Crippen LogP contribution >= 0.6 is 0 Å². The van der Waals surface area contributed by atoms with E-state index in [4.69, 9.17) is 9.15 Å². The van der Waals surface area contributed by atoms with E-state index in [-0.39, 0.29) is 18.1 Å². The number of carbonyl (C=O) groups is 1. The van der Waals surface area contributed by atoms with Crippen molar-refractivity contribution < 1.29 is 13.9 Å². The maximum atomic E-state index is 11.5. The molecule has 0 atom stereocenters. The second-order valence-electron chi connectivity index (χ2n) is 5.29. The summed E-state index contributed by atoms with van der Waals surface area (Å²) in [6, 6.07) is 0.141. The number of amides is 1. The molecule has 1 aliphatic carbocycles. The molecule has 1 aromatic rings. The minimum absolute atomic E-state index is 0.141. The highest BCUT2D eigenvalue weighted by Crippen LogP contribution is 2.35. The van der Waals surface area contributed by atoms with Gasteiger partial charge in [-0.2, -0.15) is 0 Å². The molecule has 1 heterocycles. The Hall–Kier alpha value is -1.59. The Kier molecular flexibility index (Phi) is 3.04. The zero-order valence-electron chi connectivity index (χ0n) is 10.3. The molecule has 1 amide bonds. The van der Waals surface area contributed by atoms with Crippen LogP contribution in [-0.2, 0) is 4.74 Å². The van der Waals surface area contributed by atoms with Crippen LogP contribution in [0.5, 0.6) is 0 Å². The Balaban J connectivity index is 1.72. The van der Waals surface area contributed by atoms with Crippen molar-refractivity contribution in [3.05, 3.63) is 12.3 Å². The Morgan fingerprint density at radius 1 is 1.53 bits per heavy atom. The Bertz CT molecular complexity index is 377. The third kappa shape index (κ3) is 3.18. The van der Waals surface area contributed by atoms with Gasteiger partial charge in [-0.05, 0) is 33.6 Å². The number of ether oxygens (including phenoxy) is 1. The molecule has 17 heavy (non-hydrogen) atoms. The quantitative estimate of drug-likeness (QED) is 0.852. The largest absolute Gasteiger partial charge is 0.444 e. The third-order valence-corrected chi connectivity index (χ3v) is 2.59. The van der Waals surface area contributed by atoms with Crippen LogP contribution in [0.2, 0.25) is 0 Å². The Morgan fingerprint density at radius 3 is 2.76 bits per heavy atom. The van der Waals surface area contributed by atoms with Gasteiger partial charge in [-0.3, -0.25) is 0 Å². The molecule has 6 heteroatoms. The van der Waals surface area contributed by atoms with Crippen LogP contribution in [0.25, 0.3) is 0 Å². The molecular weight excluding hydrogens is 222 g/mol. The van der Waals surface area contributed by atoms with Crippen molar-refractivity contribution in [1.82, 2.24) is 15.5 Å². The normalized spacial score (nSPS) is 23.9. The highest BCUT2D eigenvalue weighted by atomic mass is 16.6. The Morgan fingerprint density at radius 2 is 2.24 bits per heavy atom. The number of rotatable bonds is 2. The summed E-state index contributed by atoms with van der Waals surface area (Å²) in [6.07, 6.45) is 2.60. The fourth-order valence-corrected chi connectivity index (χ4v) is 1.77. The molecule has 0 radical (unpaired) electrons. The van der Waals surface area contributed by atoms with Gasteiger partial charge in [0.05, 0.1) is 0 Å². The van der Waals surface area contributed by atoms with Gasteiger partial charge in [0.25, 0.3) is 0 Å². The number of hydrogen-bond acceptors (Lipinski definition) is 5. The van der Waals surface area contributed by atoms with E-state index in [0.29, 0.717) is 5.89 Å². The highest BCUT2D eigenvalue weighted by Gasteiger charge is 2.35. The average Bonchev–Trinajstić information content (AvgIpc) is 2.59. The Labute approximate surface area is 99.7 Å². The number of nitrogens with one attached hydrogen (secondary N) is 1. The monoisotopic (exact) mass is 239 g/mol. The third-order valence-electron chi connectivity index (χ3n) is 2.59. The van der Waals surface area contributed by atoms with Crippen LogP contribution in [-0.4, -0.2) is 27.9 Å². The van der Waals surface area contributed by atoms with Crippen molar-refractivity contribution in [3.63, 3.8) is 0 Å². The minimum atomic E-state index is -0.459. The lowest BCUT2D eigenvalue weighted by molar-refractivity contribution is 0.0466. The van der Waals surface area contributed by atoms with Gasteiger partial charge >= 0.3 is 6.09 Å². The van der Waals surface area contributed by atoms with E-state index in [1.807, 2.05) is 20.8 Å². The SMILES string of the molecule is CC(C)(C)OC(=O)N[C@H]1C[C@H](c2nnco2)C1. The summed E-state index contributed by atoms with van der Waals surface area (Å²) in [5.41, 5.74) is -0.459. The molecule has 0 aliphatic heterocycles. The van der Waals surface area contributed by atoms with E-state index in [2.05, 4.69) is 15.5 Å². The van der Waals surface area contributed by atoms with Crippen LogP contribution in [0, 0.1) is 0 Å². The van der Waals surface area contributed by atoms with E-state index in [0.717, 1.165) is 12.8 Å². The first-order valence-corrected chi connectivity index (χ1v) is 5.69. The lowest BCUT2D eigenvalue weighted by atomic mass is 9.80. The van der Waals surface area contributed by atoms with Gasteiger partial charge in [0, 0.05) is 12.0 Å². The van der Waals surface area contributed by atoms with E-state index >= 15 is 0 Å². The molecule has 1 aromatic heterocycles. The van der Waals surface area contributed by atoms with E-state index in [1.54, 1.807) is 0 Å². The van der Waals surface area contributed by atoms with Crippen molar-refractivity contribution in [3.8, 4) is 0 Å². The van der Waals surface area contributed by atoms with Crippen LogP contribution in [0.3, 0.4) is 0 Å². The summed E-state index contributed by atoms with van der Waals surface area (Å²) in [7, 11) is 0. The maximum absolute atomic E-state index is 11.5. The average molecular weight is 239 g/mol. The lowest BCUT2D eigenvalue weighted by Crippen LogP contribution is -2.45. The van der Waals surface area contributed by atoms with Crippen LogP contribution < -0.4 is 5.32 Å². The zero-order valence-corrected chi connectivity index (χ0v) is 10.3. The molecule has 1 aliphatic rings. The number of alkyl carbamates (subject to hydrolysis) is 1. The van der Waals surface area contributed by atoms with Crippen LogP contribution in [0.4, 0.5) is 4.79 Å². The number of aromatic nitrogens is 2. The first-order chi connectivity index (χ1) is 7.94. The van der Waals surface area contributed by atoms with Crippen molar-refractivity contribution in [2.45, 2.75) is 51.2 Å². The molecule has 0 saturated heterocycles. The molecule has 0 unspecified atom stereocenters. The second kappa shape index (κ2) is 4.35. The van der Waals surface area contributed by atoms with Crippen LogP contribution in [0.15, 0.2) is 10.8 Å². The molecule has 1 saturated carbocycles. The first-order valence-electron chi connectivity index (χ1n) is 5.69. The van der Waals surface area contributed by atoms with Gasteiger partial charge < -0.3 is 14.5 Å². The molecule has 0 bridgehead atoms. The topological polar surface area (TPSA) is 77.2 Å². The van der Waals surface area contributed by atoms with E-state index in [9.17, 15) is 4.79 Å². The lowest BCUT2D eigenvalue weighted by Gasteiger charge is -2.33. The zero-order chi connectivity index (χ0) is 12.5. The second-order valence-corrected chi connectivity index (χ2v) is 5.29. The summed E-state index contributed by atoms with van der Waals surface area (Å²) < 4.78 is 10.3. The fourth-order valence-electron chi connectivity index (χ4n) is 1.77.